The summed E-state index contributed by atoms with van der Waals surface area (Å²) in [5.41, 5.74) is 0.739. The third kappa shape index (κ3) is 4.52. The van der Waals surface area contributed by atoms with E-state index in [0.717, 1.165) is 10.6 Å². The third-order valence-corrected chi connectivity index (χ3v) is 4.14. The Hall–Kier alpha value is -1.44. The molecule has 0 aromatic carbocycles. The summed E-state index contributed by atoms with van der Waals surface area (Å²) in [6.07, 6.45) is -2.88. The number of nitrogens with zero attached hydrogens (tertiary/aromatic N) is 2. The van der Waals surface area contributed by atoms with E-state index in [0.29, 0.717) is 18.0 Å². The highest BCUT2D eigenvalue weighted by molar-refractivity contribution is 7.99. The maximum atomic E-state index is 12.0. The Morgan fingerprint density at radius 2 is 2.24 bits per heavy atom. The fraction of sp³-hybridized carbons (Fsp3) is 0.538. The maximum absolute atomic E-state index is 12.0. The van der Waals surface area contributed by atoms with Gasteiger partial charge >= 0.3 is 6.18 Å². The number of carbonyl (C=O) groups excluding carboxylic acids is 1. The molecule has 116 valence electrons. The van der Waals surface area contributed by atoms with Crippen LogP contribution in [0.1, 0.15) is 19.3 Å². The molecule has 0 unspecified atom stereocenters. The number of pyridine rings is 1. The van der Waals surface area contributed by atoms with Gasteiger partial charge in [-0.2, -0.15) is 13.2 Å². The second kappa shape index (κ2) is 6.55. The van der Waals surface area contributed by atoms with Crippen molar-refractivity contribution in [3.05, 3.63) is 12.3 Å². The zero-order valence-electron chi connectivity index (χ0n) is 11.5. The number of nitrogens with one attached hydrogen (secondary N) is 1. The second-order valence-electron chi connectivity index (χ2n) is 4.73. The van der Waals surface area contributed by atoms with E-state index in [1.54, 1.807) is 36.0 Å². The number of carbonyl (C=O) groups is 1. The van der Waals surface area contributed by atoms with Gasteiger partial charge in [0.15, 0.2) is 0 Å². The normalized spacial score (nSPS) is 15.6. The summed E-state index contributed by atoms with van der Waals surface area (Å²) in [6.45, 7) is 0.213. The van der Waals surface area contributed by atoms with E-state index in [1.807, 2.05) is 0 Å². The van der Waals surface area contributed by atoms with Gasteiger partial charge in [-0.1, -0.05) is 0 Å². The molecule has 0 fully saturated rings. The van der Waals surface area contributed by atoms with Gasteiger partial charge in [0.2, 0.25) is 5.91 Å². The molecule has 0 spiro atoms. The minimum absolute atomic E-state index is 0.00773. The molecule has 2 heterocycles. The van der Waals surface area contributed by atoms with Crippen molar-refractivity contribution in [1.29, 1.82) is 0 Å². The molecule has 8 heteroatoms. The third-order valence-electron chi connectivity index (χ3n) is 3.10. The predicted molar refractivity (Wildman–Crippen MR) is 76.8 cm³/mol. The Morgan fingerprint density at radius 3 is 2.95 bits per heavy atom. The van der Waals surface area contributed by atoms with Gasteiger partial charge in [0.05, 0.1) is 11.9 Å². The molecule has 1 N–H and O–H groups in total. The summed E-state index contributed by atoms with van der Waals surface area (Å²) in [5, 5.41) is 2.89. The van der Waals surface area contributed by atoms with Crippen LogP contribution in [0.4, 0.5) is 24.7 Å². The molecular weight excluding hydrogens is 303 g/mol. The minimum atomic E-state index is -4.12. The van der Waals surface area contributed by atoms with Crippen molar-refractivity contribution >= 4 is 29.2 Å². The van der Waals surface area contributed by atoms with Crippen LogP contribution in [0.5, 0.6) is 0 Å². The second-order valence-corrected chi connectivity index (χ2v) is 5.87. The molecule has 21 heavy (non-hydrogen) atoms. The average Bonchev–Trinajstić information content (AvgIpc) is 2.54. The SMILES string of the molecule is CN1C(=O)CCSc2cc(NCCCC(F)(F)F)ncc21. The van der Waals surface area contributed by atoms with E-state index in [9.17, 15) is 18.0 Å². The van der Waals surface area contributed by atoms with Crippen molar-refractivity contribution < 1.29 is 18.0 Å². The molecule has 0 aliphatic carbocycles. The van der Waals surface area contributed by atoms with E-state index in [1.165, 1.54) is 0 Å². The van der Waals surface area contributed by atoms with E-state index in [2.05, 4.69) is 10.3 Å². The Bertz CT molecular complexity index is 522. The van der Waals surface area contributed by atoms with Crippen LogP contribution in [0.2, 0.25) is 0 Å². The summed E-state index contributed by atoms with van der Waals surface area (Å²) in [7, 11) is 1.70. The smallest absolute Gasteiger partial charge is 0.370 e. The van der Waals surface area contributed by atoms with Gasteiger partial charge in [-0.15, -0.1) is 11.8 Å². The lowest BCUT2D eigenvalue weighted by Crippen LogP contribution is -2.25. The molecule has 0 saturated heterocycles. The number of anilines is 2. The van der Waals surface area contributed by atoms with Crippen LogP contribution >= 0.6 is 11.8 Å². The Morgan fingerprint density at radius 1 is 1.48 bits per heavy atom. The predicted octanol–water partition coefficient (Wildman–Crippen LogP) is 3.29. The van der Waals surface area contributed by atoms with E-state index >= 15 is 0 Å². The van der Waals surface area contributed by atoms with Crippen molar-refractivity contribution in [3.63, 3.8) is 0 Å². The highest BCUT2D eigenvalue weighted by Crippen LogP contribution is 2.34. The summed E-state index contributed by atoms with van der Waals surface area (Å²) >= 11 is 1.55. The number of amides is 1. The first-order valence-electron chi connectivity index (χ1n) is 6.57. The number of alkyl halides is 3. The van der Waals surface area contributed by atoms with Crippen LogP contribution < -0.4 is 10.2 Å². The minimum Gasteiger partial charge on any atom is -0.370 e. The molecular formula is C13H16F3N3OS. The lowest BCUT2D eigenvalue weighted by molar-refractivity contribution is -0.134. The van der Waals surface area contributed by atoms with Crippen molar-refractivity contribution in [2.45, 2.75) is 30.3 Å². The molecule has 1 aromatic heterocycles. The van der Waals surface area contributed by atoms with Crippen LogP contribution in [-0.4, -0.2) is 36.4 Å². The summed E-state index contributed by atoms with van der Waals surface area (Å²) in [6, 6.07) is 1.78. The zero-order chi connectivity index (χ0) is 15.5. The number of hydrogen-bond donors (Lipinski definition) is 1. The van der Waals surface area contributed by atoms with E-state index in [-0.39, 0.29) is 18.9 Å². The number of fused-ring (bicyclic) bond motifs is 1. The molecule has 1 aliphatic heterocycles. The summed E-state index contributed by atoms with van der Waals surface area (Å²) < 4.78 is 36.1. The zero-order valence-corrected chi connectivity index (χ0v) is 12.4. The highest BCUT2D eigenvalue weighted by Gasteiger charge is 2.26. The van der Waals surface area contributed by atoms with Gasteiger partial charge < -0.3 is 10.2 Å². The van der Waals surface area contributed by atoms with Crippen molar-refractivity contribution in [2.24, 2.45) is 0 Å². The number of hydrogen-bond acceptors (Lipinski definition) is 4. The summed E-state index contributed by atoms with van der Waals surface area (Å²) in [4.78, 5) is 18.4. The first-order valence-corrected chi connectivity index (χ1v) is 7.55. The molecule has 2 rings (SSSR count). The summed E-state index contributed by atoms with van der Waals surface area (Å²) in [5.74, 6) is 1.26. The van der Waals surface area contributed by atoms with Gasteiger partial charge in [-0.05, 0) is 12.5 Å². The molecule has 1 aliphatic rings. The van der Waals surface area contributed by atoms with Crippen molar-refractivity contribution in [2.75, 3.05) is 29.6 Å². The largest absolute Gasteiger partial charge is 0.389 e. The Balaban J connectivity index is 1.98. The monoisotopic (exact) mass is 319 g/mol. The van der Waals surface area contributed by atoms with Gasteiger partial charge in [0, 0.05) is 37.1 Å². The van der Waals surface area contributed by atoms with Crippen LogP contribution in [-0.2, 0) is 4.79 Å². The lowest BCUT2D eigenvalue weighted by Gasteiger charge is -2.17. The first kappa shape index (κ1) is 15.9. The van der Waals surface area contributed by atoms with Gasteiger partial charge in [0.1, 0.15) is 5.82 Å². The van der Waals surface area contributed by atoms with Crippen molar-refractivity contribution in [3.8, 4) is 0 Å². The van der Waals surface area contributed by atoms with Crippen LogP contribution in [0.15, 0.2) is 17.2 Å². The van der Waals surface area contributed by atoms with Crippen molar-refractivity contribution in [1.82, 2.24) is 4.98 Å². The van der Waals surface area contributed by atoms with Gasteiger partial charge in [-0.25, -0.2) is 4.98 Å². The topological polar surface area (TPSA) is 45.2 Å². The standard InChI is InChI=1S/C13H16F3N3OS/c1-19-9-8-18-11(17-5-2-4-13(14,15)16)7-10(9)21-6-3-12(19)20/h7-8H,2-6H2,1H3,(H,17,18). The highest BCUT2D eigenvalue weighted by atomic mass is 32.2. The van der Waals surface area contributed by atoms with Crippen LogP contribution in [0.3, 0.4) is 0 Å². The number of halogens is 3. The molecule has 0 radical (unpaired) electrons. The molecule has 4 nitrogen and oxygen atoms in total. The fourth-order valence-corrected chi connectivity index (χ4v) is 2.98. The van der Waals surface area contributed by atoms with Gasteiger partial charge in [0.25, 0.3) is 0 Å². The van der Waals surface area contributed by atoms with E-state index < -0.39 is 12.6 Å². The number of aromatic nitrogens is 1. The Labute approximate surface area is 125 Å². The van der Waals surface area contributed by atoms with E-state index in [4.69, 9.17) is 0 Å². The molecule has 1 amide bonds. The number of thioether (sulfide) groups is 1. The van der Waals surface area contributed by atoms with Gasteiger partial charge in [-0.3, -0.25) is 4.79 Å². The molecule has 0 saturated carbocycles. The van der Waals surface area contributed by atoms with Crippen LogP contribution in [0, 0.1) is 0 Å². The quantitative estimate of drug-likeness (QED) is 0.865. The molecule has 0 bridgehead atoms. The molecule has 1 aromatic rings. The number of rotatable bonds is 4. The fourth-order valence-electron chi connectivity index (χ4n) is 1.95. The van der Waals surface area contributed by atoms with Crippen LogP contribution in [0.25, 0.3) is 0 Å². The Kier molecular flexibility index (Phi) is 4.97. The first-order chi connectivity index (χ1) is 9.87. The maximum Gasteiger partial charge on any atom is 0.389 e. The lowest BCUT2D eigenvalue weighted by atomic mass is 10.3. The molecule has 0 atom stereocenters. The average molecular weight is 319 g/mol.